The van der Waals surface area contributed by atoms with E-state index in [4.69, 9.17) is 15.3 Å². The third-order valence-corrected chi connectivity index (χ3v) is 3.60. The molecule has 0 spiro atoms. The number of hydrogen-bond acceptors (Lipinski definition) is 5. The van der Waals surface area contributed by atoms with Gasteiger partial charge in [-0.25, -0.2) is 13.6 Å². The molecule has 2 rings (SSSR count). The van der Waals surface area contributed by atoms with Crippen LogP contribution in [-0.2, 0) is 10.0 Å². The zero-order valence-corrected chi connectivity index (χ0v) is 10.5. The predicted octanol–water partition coefficient (Wildman–Crippen LogP) is -0.510. The molecule has 1 saturated heterocycles. The van der Waals surface area contributed by atoms with Crippen LogP contribution in [0.2, 0.25) is 0 Å². The van der Waals surface area contributed by atoms with Crippen LogP contribution >= 0.6 is 0 Å². The maximum absolute atomic E-state index is 12.0. The lowest BCUT2D eigenvalue weighted by Crippen LogP contribution is -2.45. The van der Waals surface area contributed by atoms with E-state index in [0.717, 1.165) is 12.8 Å². The van der Waals surface area contributed by atoms with E-state index in [-0.39, 0.29) is 17.7 Å². The van der Waals surface area contributed by atoms with Crippen LogP contribution < -0.4 is 10.9 Å². The Labute approximate surface area is 105 Å². The third kappa shape index (κ3) is 2.71. The zero-order valence-electron chi connectivity index (χ0n) is 9.70. The number of piperidine rings is 1. The standard InChI is InChI=1S/C10H15N3O4S/c11-7-2-1-5-13(6-7)10(14)8-3-4-9(17-8)18(12,15)16/h3-4,7H,1-2,5-6,11H2,(H2,12,15,16). The van der Waals surface area contributed by atoms with Crippen LogP contribution in [0.25, 0.3) is 0 Å². The molecule has 7 nitrogen and oxygen atoms in total. The monoisotopic (exact) mass is 273 g/mol. The Morgan fingerprint density at radius 2 is 2.17 bits per heavy atom. The van der Waals surface area contributed by atoms with E-state index in [1.165, 1.54) is 12.1 Å². The van der Waals surface area contributed by atoms with Crippen LogP contribution in [-0.4, -0.2) is 38.4 Å². The van der Waals surface area contributed by atoms with Gasteiger partial charge >= 0.3 is 0 Å². The van der Waals surface area contributed by atoms with Crippen molar-refractivity contribution in [1.82, 2.24) is 4.90 Å². The van der Waals surface area contributed by atoms with Gasteiger partial charge in [0.15, 0.2) is 5.76 Å². The molecule has 4 N–H and O–H groups in total. The normalized spacial score (nSPS) is 21.0. The largest absolute Gasteiger partial charge is 0.438 e. The Balaban J connectivity index is 2.16. The fraction of sp³-hybridized carbons (Fsp3) is 0.500. The molecule has 100 valence electrons. The van der Waals surface area contributed by atoms with Gasteiger partial charge in [0.1, 0.15) is 0 Å². The molecular weight excluding hydrogens is 258 g/mol. The van der Waals surface area contributed by atoms with Gasteiger partial charge in [0, 0.05) is 19.1 Å². The first-order valence-corrected chi connectivity index (χ1v) is 7.10. The number of rotatable bonds is 2. The quantitative estimate of drug-likeness (QED) is 0.752. The Morgan fingerprint density at radius 3 is 2.72 bits per heavy atom. The molecular formula is C10H15N3O4S. The van der Waals surface area contributed by atoms with Crippen molar-refractivity contribution in [1.29, 1.82) is 0 Å². The highest BCUT2D eigenvalue weighted by molar-refractivity contribution is 7.89. The summed E-state index contributed by atoms with van der Waals surface area (Å²) in [5.74, 6) is -0.395. The summed E-state index contributed by atoms with van der Waals surface area (Å²) >= 11 is 0. The van der Waals surface area contributed by atoms with Gasteiger partial charge in [-0.05, 0) is 25.0 Å². The lowest BCUT2D eigenvalue weighted by molar-refractivity contribution is 0.0671. The fourth-order valence-electron chi connectivity index (χ4n) is 1.94. The lowest BCUT2D eigenvalue weighted by atomic mass is 10.1. The minimum atomic E-state index is -3.92. The summed E-state index contributed by atoms with van der Waals surface area (Å²) in [4.78, 5) is 13.6. The molecule has 1 aromatic heterocycles. The topological polar surface area (TPSA) is 120 Å². The molecule has 0 radical (unpaired) electrons. The van der Waals surface area contributed by atoms with Gasteiger partial charge in [-0.2, -0.15) is 0 Å². The van der Waals surface area contributed by atoms with E-state index in [1.54, 1.807) is 4.90 Å². The molecule has 2 heterocycles. The highest BCUT2D eigenvalue weighted by atomic mass is 32.2. The number of sulfonamides is 1. The second kappa shape index (κ2) is 4.71. The van der Waals surface area contributed by atoms with Gasteiger partial charge in [0.2, 0.25) is 5.09 Å². The smallest absolute Gasteiger partial charge is 0.289 e. The van der Waals surface area contributed by atoms with Crippen LogP contribution in [0, 0.1) is 0 Å². The Kier molecular flexibility index (Phi) is 3.42. The second-order valence-electron chi connectivity index (χ2n) is 4.32. The number of furan rings is 1. The maximum Gasteiger partial charge on any atom is 0.289 e. The Bertz CT molecular complexity index is 551. The second-order valence-corrected chi connectivity index (χ2v) is 5.81. The molecule has 1 aliphatic rings. The molecule has 0 saturated carbocycles. The van der Waals surface area contributed by atoms with Crippen LogP contribution in [0.3, 0.4) is 0 Å². The van der Waals surface area contributed by atoms with Gasteiger partial charge in [0.05, 0.1) is 0 Å². The fourth-order valence-corrected chi connectivity index (χ4v) is 2.40. The van der Waals surface area contributed by atoms with Crippen molar-refractivity contribution in [2.45, 2.75) is 24.0 Å². The third-order valence-electron chi connectivity index (χ3n) is 2.82. The molecule has 1 fully saturated rings. The number of likely N-dealkylation sites (tertiary alicyclic amines) is 1. The number of carbonyl (C=O) groups excluding carboxylic acids is 1. The van der Waals surface area contributed by atoms with Gasteiger partial charge in [-0.3, -0.25) is 4.79 Å². The van der Waals surface area contributed by atoms with Crippen LogP contribution in [0.5, 0.6) is 0 Å². The maximum atomic E-state index is 12.0. The molecule has 1 atom stereocenters. The van der Waals surface area contributed by atoms with Crippen LogP contribution in [0.1, 0.15) is 23.4 Å². The van der Waals surface area contributed by atoms with E-state index in [9.17, 15) is 13.2 Å². The predicted molar refractivity (Wildman–Crippen MR) is 63.2 cm³/mol. The van der Waals surface area contributed by atoms with Gasteiger partial charge in [0.25, 0.3) is 15.9 Å². The number of hydrogen-bond donors (Lipinski definition) is 2. The number of nitrogens with two attached hydrogens (primary N) is 2. The molecule has 0 aromatic carbocycles. The highest BCUT2D eigenvalue weighted by Crippen LogP contribution is 2.17. The van der Waals surface area contributed by atoms with Gasteiger partial charge in [-0.1, -0.05) is 0 Å². The molecule has 1 unspecified atom stereocenters. The summed E-state index contributed by atoms with van der Waals surface area (Å²) in [6, 6.07) is 2.43. The van der Waals surface area contributed by atoms with Gasteiger partial charge in [-0.15, -0.1) is 0 Å². The molecule has 1 amide bonds. The number of amides is 1. The summed E-state index contributed by atoms with van der Waals surface area (Å²) in [5.41, 5.74) is 5.78. The average Bonchev–Trinajstić information content (AvgIpc) is 2.77. The van der Waals surface area contributed by atoms with Crippen LogP contribution in [0.15, 0.2) is 21.6 Å². The summed E-state index contributed by atoms with van der Waals surface area (Å²) in [6.45, 7) is 1.04. The summed E-state index contributed by atoms with van der Waals surface area (Å²) in [6.07, 6.45) is 1.71. The molecule has 1 aliphatic heterocycles. The Morgan fingerprint density at radius 1 is 1.44 bits per heavy atom. The lowest BCUT2D eigenvalue weighted by Gasteiger charge is -2.29. The minimum absolute atomic E-state index is 0.0341. The van der Waals surface area contributed by atoms with Crippen molar-refractivity contribution in [3.63, 3.8) is 0 Å². The van der Waals surface area contributed by atoms with Crippen LogP contribution in [0.4, 0.5) is 0 Å². The Hall–Kier alpha value is -1.38. The zero-order chi connectivity index (χ0) is 13.3. The minimum Gasteiger partial charge on any atom is -0.438 e. The number of carbonyl (C=O) groups is 1. The van der Waals surface area contributed by atoms with E-state index in [2.05, 4.69) is 0 Å². The van der Waals surface area contributed by atoms with Crippen molar-refractivity contribution >= 4 is 15.9 Å². The van der Waals surface area contributed by atoms with Gasteiger partial charge < -0.3 is 15.1 Å². The van der Waals surface area contributed by atoms with E-state index in [0.29, 0.717) is 13.1 Å². The van der Waals surface area contributed by atoms with Crippen molar-refractivity contribution in [2.24, 2.45) is 10.9 Å². The summed E-state index contributed by atoms with van der Waals surface area (Å²) in [5, 5.41) is 4.49. The van der Waals surface area contributed by atoms with Crippen molar-refractivity contribution < 1.29 is 17.6 Å². The van der Waals surface area contributed by atoms with Crippen molar-refractivity contribution in [3.05, 3.63) is 17.9 Å². The molecule has 18 heavy (non-hydrogen) atoms. The van der Waals surface area contributed by atoms with E-state index < -0.39 is 15.1 Å². The molecule has 0 bridgehead atoms. The summed E-state index contributed by atoms with van der Waals surface area (Å²) < 4.78 is 27.0. The van der Waals surface area contributed by atoms with Crippen molar-refractivity contribution in [2.75, 3.05) is 13.1 Å². The van der Waals surface area contributed by atoms with E-state index in [1.807, 2.05) is 0 Å². The van der Waals surface area contributed by atoms with E-state index >= 15 is 0 Å². The molecule has 1 aromatic rings. The number of primary sulfonamides is 1. The summed E-state index contributed by atoms with van der Waals surface area (Å²) in [7, 11) is -3.92. The number of nitrogens with zero attached hydrogens (tertiary/aromatic N) is 1. The molecule has 0 aliphatic carbocycles. The SMILES string of the molecule is NC1CCCN(C(=O)c2ccc(S(N)(=O)=O)o2)C1. The highest BCUT2D eigenvalue weighted by Gasteiger charge is 2.25. The first-order valence-electron chi connectivity index (χ1n) is 5.55. The first kappa shape index (κ1) is 13.1. The van der Waals surface area contributed by atoms with Crippen molar-refractivity contribution in [3.8, 4) is 0 Å². The average molecular weight is 273 g/mol. The first-order chi connectivity index (χ1) is 8.38. The molecule has 8 heteroatoms.